The SMILES string of the molecule is COCCOCC1(c2ccc(CN3S[C@@H](c4ccccc4)CC[C@@H]3C)c(F)c2)CCOCC1. The lowest BCUT2D eigenvalue weighted by molar-refractivity contribution is -0.0111. The minimum atomic E-state index is -0.197. The maximum atomic E-state index is 15.4. The molecule has 0 radical (unpaired) electrons. The molecular formula is C27H36FNO3S. The average molecular weight is 474 g/mol. The topological polar surface area (TPSA) is 30.9 Å². The second kappa shape index (κ2) is 11.8. The predicted molar refractivity (Wildman–Crippen MR) is 132 cm³/mol. The highest BCUT2D eigenvalue weighted by atomic mass is 32.2. The van der Waals surface area contributed by atoms with Gasteiger partial charge in [-0.25, -0.2) is 8.70 Å². The third-order valence-electron chi connectivity index (χ3n) is 7.02. The van der Waals surface area contributed by atoms with Gasteiger partial charge in [-0.3, -0.25) is 0 Å². The molecule has 180 valence electrons. The van der Waals surface area contributed by atoms with Gasteiger partial charge < -0.3 is 14.2 Å². The molecule has 0 unspecified atom stereocenters. The van der Waals surface area contributed by atoms with Gasteiger partial charge >= 0.3 is 0 Å². The molecule has 6 heteroatoms. The maximum absolute atomic E-state index is 15.4. The van der Waals surface area contributed by atoms with Crippen LogP contribution in [0.25, 0.3) is 0 Å². The first-order chi connectivity index (χ1) is 16.1. The molecule has 0 bridgehead atoms. The molecule has 2 aromatic carbocycles. The summed E-state index contributed by atoms with van der Waals surface area (Å²) in [7, 11) is 1.67. The van der Waals surface area contributed by atoms with Gasteiger partial charge in [-0.2, -0.15) is 0 Å². The van der Waals surface area contributed by atoms with Gasteiger partial charge in [0.25, 0.3) is 0 Å². The zero-order valence-electron chi connectivity index (χ0n) is 19.8. The van der Waals surface area contributed by atoms with Crippen molar-refractivity contribution < 1.29 is 18.6 Å². The fourth-order valence-corrected chi connectivity index (χ4v) is 6.18. The molecule has 0 spiro atoms. The highest BCUT2D eigenvalue weighted by Gasteiger charge is 2.36. The number of rotatable bonds is 9. The van der Waals surface area contributed by atoms with Crippen molar-refractivity contribution in [3.05, 3.63) is 71.0 Å². The second-order valence-corrected chi connectivity index (χ2v) is 10.5. The number of hydrogen-bond donors (Lipinski definition) is 0. The van der Waals surface area contributed by atoms with Crippen molar-refractivity contribution in [2.45, 2.75) is 55.9 Å². The molecule has 0 N–H and O–H groups in total. The molecule has 0 amide bonds. The van der Waals surface area contributed by atoms with Crippen molar-refractivity contribution in [1.82, 2.24) is 4.31 Å². The average Bonchev–Trinajstić information content (AvgIpc) is 2.85. The third-order valence-corrected chi connectivity index (χ3v) is 8.55. The molecule has 33 heavy (non-hydrogen) atoms. The van der Waals surface area contributed by atoms with Gasteiger partial charge in [-0.05, 0) is 49.8 Å². The van der Waals surface area contributed by atoms with Crippen LogP contribution in [0.3, 0.4) is 0 Å². The summed E-state index contributed by atoms with van der Waals surface area (Å²) in [5.41, 5.74) is 2.93. The molecule has 2 aliphatic heterocycles. The van der Waals surface area contributed by atoms with Crippen LogP contribution in [0.5, 0.6) is 0 Å². The smallest absolute Gasteiger partial charge is 0.128 e. The molecule has 0 saturated carbocycles. The molecule has 2 aromatic rings. The first-order valence-corrected chi connectivity index (χ1v) is 12.9. The van der Waals surface area contributed by atoms with Crippen molar-refractivity contribution in [2.75, 3.05) is 40.1 Å². The number of halogens is 1. The molecule has 2 atom stereocenters. The van der Waals surface area contributed by atoms with Crippen LogP contribution in [-0.2, 0) is 26.2 Å². The van der Waals surface area contributed by atoms with Crippen LogP contribution in [0, 0.1) is 5.82 Å². The van der Waals surface area contributed by atoms with E-state index in [1.807, 2.05) is 18.0 Å². The molecule has 4 rings (SSSR count). The van der Waals surface area contributed by atoms with E-state index < -0.39 is 0 Å². The van der Waals surface area contributed by atoms with E-state index in [0.29, 0.717) is 50.9 Å². The lowest BCUT2D eigenvalue weighted by Crippen LogP contribution is -2.38. The minimum absolute atomic E-state index is 0.120. The largest absolute Gasteiger partial charge is 0.382 e. The van der Waals surface area contributed by atoms with E-state index in [2.05, 4.69) is 47.6 Å². The Balaban J connectivity index is 1.47. The molecule has 2 heterocycles. The number of hydrogen-bond acceptors (Lipinski definition) is 5. The van der Waals surface area contributed by atoms with E-state index in [-0.39, 0.29) is 11.2 Å². The van der Waals surface area contributed by atoms with Gasteiger partial charge in [0.1, 0.15) is 5.82 Å². The zero-order chi connectivity index (χ0) is 23.1. The van der Waals surface area contributed by atoms with Crippen molar-refractivity contribution in [3.8, 4) is 0 Å². The van der Waals surface area contributed by atoms with E-state index in [9.17, 15) is 0 Å². The van der Waals surface area contributed by atoms with Crippen LogP contribution in [0.4, 0.5) is 4.39 Å². The summed E-state index contributed by atoms with van der Waals surface area (Å²) in [6.45, 7) is 5.90. The molecule has 0 aliphatic carbocycles. The Morgan fingerprint density at radius 2 is 1.88 bits per heavy atom. The van der Waals surface area contributed by atoms with Crippen LogP contribution in [0.1, 0.15) is 54.5 Å². The van der Waals surface area contributed by atoms with E-state index in [1.165, 1.54) is 5.56 Å². The molecule has 2 fully saturated rings. The van der Waals surface area contributed by atoms with Crippen molar-refractivity contribution >= 4 is 11.9 Å². The molecule has 0 aromatic heterocycles. The predicted octanol–water partition coefficient (Wildman–Crippen LogP) is 5.91. The van der Waals surface area contributed by atoms with E-state index >= 15 is 4.39 Å². The fraction of sp³-hybridized carbons (Fsp3) is 0.556. The molecular weight excluding hydrogens is 437 g/mol. The molecule has 4 nitrogen and oxygen atoms in total. The van der Waals surface area contributed by atoms with Crippen LogP contribution < -0.4 is 0 Å². The summed E-state index contributed by atoms with van der Waals surface area (Å²) < 4.78 is 34.4. The molecule has 2 aliphatic rings. The monoisotopic (exact) mass is 473 g/mol. The minimum Gasteiger partial charge on any atom is -0.382 e. The Morgan fingerprint density at radius 3 is 2.61 bits per heavy atom. The standard InChI is InChI=1S/C27H36FNO3S/c1-21-8-11-26(22-6-4-3-5-7-22)33-29(21)19-23-9-10-24(18-25(23)28)27(12-14-31-15-13-27)20-32-17-16-30-2/h3-7,9-10,18,21,26H,8,11-17,19-20H2,1-2H3/t21-,26+/m0/s1. The van der Waals surface area contributed by atoms with Gasteiger partial charge in [0, 0.05) is 49.1 Å². The van der Waals surface area contributed by atoms with Crippen LogP contribution in [-0.4, -0.2) is 50.5 Å². The first-order valence-electron chi connectivity index (χ1n) is 12.0. The molecule has 2 saturated heterocycles. The number of benzene rings is 2. The van der Waals surface area contributed by atoms with Gasteiger partial charge in [-0.15, -0.1) is 0 Å². The summed E-state index contributed by atoms with van der Waals surface area (Å²) in [5.74, 6) is -0.120. The lowest BCUT2D eigenvalue weighted by Gasteiger charge is -2.38. The van der Waals surface area contributed by atoms with Crippen LogP contribution in [0.15, 0.2) is 48.5 Å². The van der Waals surface area contributed by atoms with Gasteiger partial charge in [0.2, 0.25) is 0 Å². The van der Waals surface area contributed by atoms with Gasteiger partial charge in [-0.1, -0.05) is 54.4 Å². The summed E-state index contributed by atoms with van der Waals surface area (Å²) in [6.07, 6.45) is 3.96. The van der Waals surface area contributed by atoms with E-state index in [4.69, 9.17) is 14.2 Å². The third kappa shape index (κ3) is 6.17. The number of ether oxygens (including phenoxy) is 3. The maximum Gasteiger partial charge on any atom is 0.128 e. The zero-order valence-corrected chi connectivity index (χ0v) is 20.6. The van der Waals surface area contributed by atoms with Crippen LogP contribution in [0.2, 0.25) is 0 Å². The summed E-state index contributed by atoms with van der Waals surface area (Å²) in [4.78, 5) is 0. The second-order valence-electron chi connectivity index (χ2n) is 9.25. The first kappa shape index (κ1) is 24.7. The highest BCUT2D eigenvalue weighted by molar-refractivity contribution is 7.97. The Morgan fingerprint density at radius 1 is 1.09 bits per heavy atom. The van der Waals surface area contributed by atoms with Crippen molar-refractivity contribution in [2.24, 2.45) is 0 Å². The highest BCUT2D eigenvalue weighted by Crippen LogP contribution is 2.43. The summed E-state index contributed by atoms with van der Waals surface area (Å²) in [6, 6.07) is 16.9. The normalized spacial score (nSPS) is 23.5. The Labute approximate surface area is 201 Å². The van der Waals surface area contributed by atoms with Gasteiger partial charge in [0.05, 0.1) is 19.8 Å². The quantitative estimate of drug-likeness (QED) is 0.334. The fourth-order valence-electron chi connectivity index (χ4n) is 4.81. The van der Waals surface area contributed by atoms with Crippen molar-refractivity contribution in [1.29, 1.82) is 0 Å². The Hall–Kier alpha value is -1.44. The summed E-state index contributed by atoms with van der Waals surface area (Å²) >= 11 is 1.86. The Kier molecular flexibility index (Phi) is 8.83. The number of methoxy groups -OCH3 is 1. The van der Waals surface area contributed by atoms with E-state index in [1.54, 1.807) is 13.2 Å². The number of nitrogens with zero attached hydrogens (tertiary/aromatic N) is 1. The lowest BCUT2D eigenvalue weighted by atomic mass is 9.74. The van der Waals surface area contributed by atoms with E-state index in [0.717, 1.165) is 36.8 Å². The summed E-state index contributed by atoms with van der Waals surface area (Å²) in [5, 5.41) is 0.430. The Bertz CT molecular complexity index is 875. The van der Waals surface area contributed by atoms with Gasteiger partial charge in [0.15, 0.2) is 0 Å². The van der Waals surface area contributed by atoms with Crippen molar-refractivity contribution in [3.63, 3.8) is 0 Å². The van der Waals surface area contributed by atoms with Crippen LogP contribution >= 0.6 is 11.9 Å².